The van der Waals surface area contributed by atoms with Crippen LogP contribution in [0, 0.1) is 0 Å². The van der Waals surface area contributed by atoms with E-state index in [0.29, 0.717) is 51.1 Å². The molecule has 6 aromatic rings. The number of anilines is 3. The normalized spacial score (nSPS) is 10.8. The van der Waals surface area contributed by atoms with E-state index in [0.717, 1.165) is 86.5 Å². The summed E-state index contributed by atoms with van der Waals surface area (Å²) in [6.45, 7) is 15.6. The highest BCUT2D eigenvalue weighted by Gasteiger charge is 2.18. The molecule has 0 radical (unpaired) electrons. The van der Waals surface area contributed by atoms with Gasteiger partial charge in [-0.25, -0.2) is 4.98 Å². The lowest BCUT2D eigenvalue weighted by atomic mass is 9.98. The first-order valence-electron chi connectivity index (χ1n) is 20.2. The number of aromatic nitrogens is 1. The van der Waals surface area contributed by atoms with Crippen molar-refractivity contribution in [3.63, 3.8) is 0 Å². The minimum atomic E-state index is 0.503. The lowest BCUT2D eigenvalue weighted by Crippen LogP contribution is -2.10. The summed E-state index contributed by atoms with van der Waals surface area (Å²) in [6.07, 6.45) is 1.91. The quantitative estimate of drug-likeness (QED) is 0.0761. The van der Waals surface area contributed by atoms with Crippen molar-refractivity contribution in [2.75, 3.05) is 44.5 Å². The number of ether oxygens (including phenoxy) is 6. The molecular formula is C49H54N2O6. The van der Waals surface area contributed by atoms with Crippen molar-refractivity contribution < 1.29 is 28.4 Å². The first-order valence-corrected chi connectivity index (χ1v) is 20.2. The van der Waals surface area contributed by atoms with Crippen LogP contribution in [-0.2, 0) is 0 Å². The maximum absolute atomic E-state index is 6.17. The molecule has 1 heterocycles. The van der Waals surface area contributed by atoms with Crippen LogP contribution in [0.5, 0.6) is 34.5 Å². The topological polar surface area (TPSA) is 71.5 Å². The molecule has 6 rings (SSSR count). The highest BCUT2D eigenvalue weighted by Crippen LogP contribution is 2.41. The van der Waals surface area contributed by atoms with E-state index in [2.05, 4.69) is 79.4 Å². The lowest BCUT2D eigenvalue weighted by molar-refractivity contribution is 0.317. The van der Waals surface area contributed by atoms with Gasteiger partial charge in [-0.2, -0.15) is 0 Å². The average Bonchev–Trinajstić information content (AvgIpc) is 3.24. The Kier molecular flexibility index (Phi) is 14.3. The minimum absolute atomic E-state index is 0.503. The predicted octanol–water partition coefficient (Wildman–Crippen LogP) is 12.7. The van der Waals surface area contributed by atoms with E-state index in [-0.39, 0.29) is 0 Å². The van der Waals surface area contributed by atoms with Crippen molar-refractivity contribution in [1.29, 1.82) is 0 Å². The number of hydrogen-bond donors (Lipinski definition) is 0. The molecule has 57 heavy (non-hydrogen) atoms. The molecule has 8 heteroatoms. The summed E-state index contributed by atoms with van der Waals surface area (Å²) in [4.78, 5) is 7.48. The molecule has 0 spiro atoms. The SMILES string of the molecule is CCCOc1ccc(N(c2ccc(OCCC)cc2)c2ccc(-c3cc(-c4ccc(OCC)cc4OCC)nc(-c4ccc(OCC)cc4OCC)c3)cc2)cc1. The smallest absolute Gasteiger partial charge is 0.132 e. The van der Waals surface area contributed by atoms with Crippen LogP contribution in [-0.4, -0.2) is 44.6 Å². The average molecular weight is 767 g/mol. The predicted molar refractivity (Wildman–Crippen MR) is 231 cm³/mol. The summed E-state index contributed by atoms with van der Waals surface area (Å²) in [7, 11) is 0. The largest absolute Gasteiger partial charge is 0.494 e. The maximum atomic E-state index is 6.17. The van der Waals surface area contributed by atoms with Crippen molar-refractivity contribution in [2.24, 2.45) is 0 Å². The summed E-state index contributed by atoms with van der Waals surface area (Å²) < 4.78 is 35.8. The van der Waals surface area contributed by atoms with Crippen molar-refractivity contribution >= 4 is 17.1 Å². The summed E-state index contributed by atoms with van der Waals surface area (Å²) >= 11 is 0. The molecule has 0 saturated carbocycles. The van der Waals surface area contributed by atoms with Gasteiger partial charge in [0.1, 0.15) is 34.5 Å². The highest BCUT2D eigenvalue weighted by molar-refractivity contribution is 5.83. The molecule has 0 amide bonds. The zero-order chi connectivity index (χ0) is 40.0. The Bertz CT molecular complexity index is 2040. The highest BCUT2D eigenvalue weighted by atomic mass is 16.5. The van der Waals surface area contributed by atoms with Gasteiger partial charge in [0.15, 0.2) is 0 Å². The number of hydrogen-bond acceptors (Lipinski definition) is 8. The van der Waals surface area contributed by atoms with E-state index in [1.807, 2.05) is 88.4 Å². The Morgan fingerprint density at radius 1 is 0.386 bits per heavy atom. The Labute approximate surface area is 337 Å². The molecule has 1 aromatic heterocycles. The zero-order valence-electron chi connectivity index (χ0n) is 34.0. The fraction of sp³-hybridized carbons (Fsp3) is 0.286. The van der Waals surface area contributed by atoms with Crippen molar-refractivity contribution in [2.45, 2.75) is 54.4 Å². The molecule has 8 nitrogen and oxygen atoms in total. The molecular weight excluding hydrogens is 713 g/mol. The van der Waals surface area contributed by atoms with E-state index in [1.54, 1.807) is 0 Å². The van der Waals surface area contributed by atoms with E-state index in [1.165, 1.54) is 0 Å². The van der Waals surface area contributed by atoms with Gasteiger partial charge in [0.25, 0.3) is 0 Å². The van der Waals surface area contributed by atoms with Gasteiger partial charge in [-0.3, -0.25) is 0 Å². The van der Waals surface area contributed by atoms with Crippen molar-refractivity contribution in [3.8, 4) is 68.1 Å². The van der Waals surface area contributed by atoms with E-state index >= 15 is 0 Å². The Morgan fingerprint density at radius 3 is 1.16 bits per heavy atom. The fourth-order valence-corrected chi connectivity index (χ4v) is 6.54. The number of rotatable bonds is 20. The molecule has 0 fully saturated rings. The molecule has 0 N–H and O–H groups in total. The van der Waals surface area contributed by atoms with Crippen LogP contribution < -0.4 is 33.3 Å². The van der Waals surface area contributed by atoms with E-state index < -0.39 is 0 Å². The standard InChI is InChI=1S/C49H54N2O6/c1-7-29-56-40-21-17-38(18-22-40)51(39-19-23-41(24-20-39)57-30-8-2)37-15-13-35(14-16-37)36-31-46(44-27-25-42(52-9-3)33-48(44)54-11-5)50-47(32-36)45-28-26-43(53-10-4)34-49(45)55-12-6/h13-28,31-34H,7-12,29-30H2,1-6H3. The molecule has 5 aromatic carbocycles. The van der Waals surface area contributed by atoms with Crippen LogP contribution in [0.4, 0.5) is 17.1 Å². The van der Waals surface area contributed by atoms with Crippen LogP contribution >= 0.6 is 0 Å². The lowest BCUT2D eigenvalue weighted by Gasteiger charge is -2.26. The Morgan fingerprint density at radius 2 is 0.772 bits per heavy atom. The number of nitrogens with zero attached hydrogens (tertiary/aromatic N) is 2. The second-order valence-corrected chi connectivity index (χ2v) is 13.2. The maximum Gasteiger partial charge on any atom is 0.132 e. The molecule has 0 bridgehead atoms. The second-order valence-electron chi connectivity index (χ2n) is 13.2. The second kappa shape index (κ2) is 20.1. The van der Waals surface area contributed by atoms with Gasteiger partial charge in [-0.15, -0.1) is 0 Å². The molecule has 0 unspecified atom stereocenters. The van der Waals surface area contributed by atoms with Gasteiger partial charge in [-0.1, -0.05) is 26.0 Å². The van der Waals surface area contributed by atoms with Gasteiger partial charge in [0.2, 0.25) is 0 Å². The monoisotopic (exact) mass is 766 g/mol. The van der Waals surface area contributed by atoms with E-state index in [9.17, 15) is 0 Å². The van der Waals surface area contributed by atoms with Crippen LogP contribution in [0.3, 0.4) is 0 Å². The van der Waals surface area contributed by atoms with Crippen molar-refractivity contribution in [3.05, 3.63) is 121 Å². The van der Waals surface area contributed by atoms with Crippen LogP contribution in [0.15, 0.2) is 121 Å². The van der Waals surface area contributed by atoms with Gasteiger partial charge in [0, 0.05) is 40.3 Å². The first-order chi connectivity index (χ1) is 28.0. The van der Waals surface area contributed by atoms with Gasteiger partial charge < -0.3 is 33.3 Å². The molecule has 296 valence electrons. The van der Waals surface area contributed by atoms with Gasteiger partial charge in [0.05, 0.1) is 51.0 Å². The molecule has 0 aliphatic rings. The van der Waals surface area contributed by atoms with Crippen LogP contribution in [0.25, 0.3) is 33.6 Å². The van der Waals surface area contributed by atoms with Gasteiger partial charge in [-0.05, 0) is 149 Å². The molecule has 0 aliphatic carbocycles. The van der Waals surface area contributed by atoms with Gasteiger partial charge >= 0.3 is 0 Å². The number of pyridine rings is 1. The molecule has 0 atom stereocenters. The summed E-state index contributed by atoms with van der Waals surface area (Å²) in [5.74, 6) is 4.61. The fourth-order valence-electron chi connectivity index (χ4n) is 6.54. The zero-order valence-corrected chi connectivity index (χ0v) is 34.0. The third kappa shape index (κ3) is 10.2. The summed E-state index contributed by atoms with van der Waals surface area (Å²) in [5.41, 5.74) is 8.34. The summed E-state index contributed by atoms with van der Waals surface area (Å²) in [5, 5.41) is 0. The Balaban J connectivity index is 1.45. The van der Waals surface area contributed by atoms with E-state index in [4.69, 9.17) is 33.4 Å². The number of benzene rings is 5. The minimum Gasteiger partial charge on any atom is -0.494 e. The van der Waals surface area contributed by atoms with Crippen LogP contribution in [0.1, 0.15) is 54.4 Å². The third-order valence-electron chi connectivity index (χ3n) is 9.10. The molecule has 0 aliphatic heterocycles. The summed E-state index contributed by atoms with van der Waals surface area (Å²) in [6, 6.07) is 41.2. The first kappa shape index (κ1) is 40.5. The van der Waals surface area contributed by atoms with Crippen LogP contribution in [0.2, 0.25) is 0 Å². The molecule has 0 saturated heterocycles. The van der Waals surface area contributed by atoms with Crippen molar-refractivity contribution in [1.82, 2.24) is 4.98 Å². The Hall–Kier alpha value is -6.15. The third-order valence-corrected chi connectivity index (χ3v) is 9.10.